The molecule has 0 saturated heterocycles. The maximum Gasteiger partial charge on any atom is 0.227 e. The molecule has 9 nitrogen and oxygen atoms in total. The Balaban J connectivity index is 0.000000110. The molecule has 28 aromatic rings. The van der Waals surface area contributed by atoms with Gasteiger partial charge in [0, 0.05) is 87.8 Å². The molecule has 9 heteroatoms. The first kappa shape index (κ1) is 84.3. The van der Waals surface area contributed by atoms with E-state index in [1.54, 1.807) is 0 Å². The zero-order valence-electron chi connectivity index (χ0n) is 77.6. The topological polar surface area (TPSA) is 100 Å². The van der Waals surface area contributed by atoms with E-state index in [1.807, 2.05) is 42.5 Å². The van der Waals surface area contributed by atoms with E-state index >= 15 is 0 Å². The Kier molecular flexibility index (Phi) is 21.4. The van der Waals surface area contributed by atoms with Gasteiger partial charge in [-0.3, -0.25) is 9.13 Å². The Labute approximate surface area is 825 Å². The van der Waals surface area contributed by atoms with Gasteiger partial charge in [0.1, 0.15) is 17.2 Å². The number of pyridine rings is 3. The zero-order valence-corrected chi connectivity index (χ0v) is 77.6. The van der Waals surface area contributed by atoms with Gasteiger partial charge in [0.15, 0.2) is 5.58 Å². The lowest BCUT2D eigenvalue weighted by Gasteiger charge is -2.16. The predicted octanol–water partition coefficient (Wildman–Crippen LogP) is 35.3. The van der Waals surface area contributed by atoms with Crippen LogP contribution in [-0.4, -0.2) is 39.0 Å². The average molecular weight is 1820 g/mol. The SMILES string of the molecule is c1ccc(-c2cc(-c3ccccc3)c3cc(-c4ccc(-c5nc6c7ccccc7c7ccccc7c6o5)cc4)c4ccccc4c3n2)cc1.c1ccc(-c2cc(-c3ccccc3)c3cc(-c4ccc(-c5nc6ccccc6n5-c5ccccc5)cc4)c4ccccc4c3n2)cc1.c1ccc(-c2cc(-c3ccccc3)c3cc(-c4ccc(-n5c(-c6ccccc6)nc6ccccc65)cc4)c4ccccc4c3n2)cc1. The van der Waals surface area contributed by atoms with Crippen LogP contribution in [0.4, 0.5) is 0 Å². The number of para-hydroxylation sites is 5. The monoisotopic (exact) mass is 1820 g/mol. The van der Waals surface area contributed by atoms with Gasteiger partial charge in [-0.15, -0.1) is 0 Å². The summed E-state index contributed by atoms with van der Waals surface area (Å²) in [6.07, 6.45) is 0. The normalized spacial score (nSPS) is 11.5. The molecule has 0 amide bonds. The smallest absolute Gasteiger partial charge is 0.227 e. The second-order valence-corrected chi connectivity index (χ2v) is 36.2. The van der Waals surface area contributed by atoms with E-state index in [0.717, 1.165) is 189 Å². The molecule has 0 radical (unpaired) electrons. The Morgan fingerprint density at radius 2 is 0.399 bits per heavy atom. The second-order valence-electron chi connectivity index (χ2n) is 36.2. The number of hydrogen-bond donors (Lipinski definition) is 0. The first-order chi connectivity index (χ1) is 70.9. The minimum Gasteiger partial charge on any atom is -0.435 e. The van der Waals surface area contributed by atoms with Crippen molar-refractivity contribution in [2.24, 2.45) is 0 Å². The molecule has 0 aliphatic rings. The Morgan fingerprint density at radius 3 is 0.769 bits per heavy atom. The van der Waals surface area contributed by atoms with Crippen LogP contribution in [0.15, 0.2) is 526 Å². The van der Waals surface area contributed by atoms with Gasteiger partial charge in [-0.25, -0.2) is 29.9 Å². The second kappa shape index (κ2) is 36.4. The van der Waals surface area contributed by atoms with Gasteiger partial charge >= 0.3 is 0 Å². The molecule has 22 aromatic carbocycles. The molecule has 6 aromatic heterocycles. The molecule has 0 aliphatic carbocycles. The molecular weight excluding hydrogens is 1740 g/mol. The summed E-state index contributed by atoms with van der Waals surface area (Å²) in [5, 5.41) is 14.9. The summed E-state index contributed by atoms with van der Waals surface area (Å²) >= 11 is 0. The zero-order chi connectivity index (χ0) is 94.6. The van der Waals surface area contributed by atoms with Crippen LogP contribution >= 0.6 is 0 Å². The lowest BCUT2D eigenvalue weighted by Crippen LogP contribution is -1.97. The standard InChI is InChI=1S/C46H28N2O.2C44H29N3/c1-3-13-29(14-4-1)40-28-42(31-15-5-2-6-16-31)47-43-36-20-10-8-19-35(36)39(27-41(40)43)30-23-25-32(26-24-30)46-48-44-37-21-11-7-17-33(37)34-18-9-12-22-38(34)45(44)49-46;1-4-14-30(15-5-1)38-29-41(32-16-6-2-7-17-32)45-43-36-21-11-10-20-35(36)37(28-39(38)43)31-24-26-33(27-25-31)44-46-40-22-12-13-23-42(40)47(44)34-18-8-3-9-19-34;1-4-14-30(15-5-1)38-29-41(32-16-6-2-7-17-32)45-43-36-21-11-10-20-35(36)37(28-39(38)43)31-24-26-34(27-25-31)47-42-23-13-12-22-40(42)46-44(47)33-18-8-3-9-19-33/h1-28H;2*1-29H. The van der Waals surface area contributed by atoms with Gasteiger partial charge in [0.2, 0.25) is 5.89 Å². The summed E-state index contributed by atoms with van der Waals surface area (Å²) in [5.74, 6) is 2.48. The van der Waals surface area contributed by atoms with Gasteiger partial charge in [0.25, 0.3) is 0 Å². The van der Waals surface area contributed by atoms with E-state index in [1.165, 1.54) is 71.4 Å². The molecule has 6 heterocycles. The molecule has 28 rings (SSSR count). The molecule has 0 spiro atoms. The number of imidazole rings is 2. The van der Waals surface area contributed by atoms with Crippen LogP contribution in [0.5, 0.6) is 0 Å². The fourth-order valence-corrected chi connectivity index (χ4v) is 20.9. The number of aromatic nitrogens is 8. The van der Waals surface area contributed by atoms with Crippen molar-refractivity contribution in [1.29, 1.82) is 0 Å². The first-order valence-electron chi connectivity index (χ1n) is 48.4. The Hall–Kier alpha value is -19.2. The highest BCUT2D eigenvalue weighted by atomic mass is 16.3. The minimum absolute atomic E-state index is 0.621. The number of hydrogen-bond acceptors (Lipinski definition) is 7. The van der Waals surface area contributed by atoms with E-state index in [0.29, 0.717) is 5.89 Å². The van der Waals surface area contributed by atoms with Gasteiger partial charge < -0.3 is 4.42 Å². The number of fused-ring (bicyclic) bond motifs is 17. The van der Waals surface area contributed by atoms with Crippen LogP contribution in [0.3, 0.4) is 0 Å². The molecule has 0 bridgehead atoms. The fourth-order valence-electron chi connectivity index (χ4n) is 20.9. The molecular formula is C134H86N8O. The van der Waals surface area contributed by atoms with Crippen molar-refractivity contribution >= 4 is 120 Å². The van der Waals surface area contributed by atoms with Gasteiger partial charge in [0.05, 0.1) is 55.7 Å². The summed E-state index contributed by atoms with van der Waals surface area (Å²) < 4.78 is 11.0. The summed E-state index contributed by atoms with van der Waals surface area (Å²) in [4.78, 5) is 31.1. The number of oxazole rings is 1. The van der Waals surface area contributed by atoms with Crippen molar-refractivity contribution in [2.75, 3.05) is 0 Å². The van der Waals surface area contributed by atoms with E-state index in [-0.39, 0.29) is 0 Å². The van der Waals surface area contributed by atoms with Crippen LogP contribution in [0.25, 0.3) is 266 Å². The largest absolute Gasteiger partial charge is 0.435 e. The molecule has 668 valence electrons. The lowest BCUT2D eigenvalue weighted by atomic mass is 9.91. The number of rotatable bonds is 14. The fraction of sp³-hybridized carbons (Fsp3) is 0. The third-order valence-electron chi connectivity index (χ3n) is 27.7. The van der Waals surface area contributed by atoms with Crippen LogP contribution in [-0.2, 0) is 0 Å². The third-order valence-corrected chi connectivity index (χ3v) is 27.7. The van der Waals surface area contributed by atoms with Gasteiger partial charge in [-0.05, 0) is 191 Å². The van der Waals surface area contributed by atoms with Crippen molar-refractivity contribution in [3.8, 4) is 146 Å². The minimum atomic E-state index is 0.621. The highest BCUT2D eigenvalue weighted by Crippen LogP contribution is 2.48. The molecule has 0 unspecified atom stereocenters. The Morgan fingerprint density at radius 1 is 0.154 bits per heavy atom. The maximum absolute atomic E-state index is 6.54. The number of benzene rings is 22. The van der Waals surface area contributed by atoms with Crippen LogP contribution < -0.4 is 0 Å². The summed E-state index contributed by atoms with van der Waals surface area (Å²) in [6.45, 7) is 0. The number of nitrogens with zero attached hydrogens (tertiary/aromatic N) is 8. The molecule has 0 saturated carbocycles. The van der Waals surface area contributed by atoms with Crippen LogP contribution in [0.1, 0.15) is 0 Å². The molecule has 0 fully saturated rings. The lowest BCUT2D eigenvalue weighted by molar-refractivity contribution is 0.623. The van der Waals surface area contributed by atoms with E-state index < -0.39 is 0 Å². The average Bonchev–Trinajstić information content (AvgIpc) is 1.70. The van der Waals surface area contributed by atoms with Crippen molar-refractivity contribution < 1.29 is 4.42 Å². The van der Waals surface area contributed by atoms with Crippen molar-refractivity contribution in [2.45, 2.75) is 0 Å². The molecule has 143 heavy (non-hydrogen) atoms. The van der Waals surface area contributed by atoms with Gasteiger partial charge in [-0.1, -0.05) is 425 Å². The Bertz CT molecular complexity index is 9630. The van der Waals surface area contributed by atoms with E-state index in [9.17, 15) is 0 Å². The van der Waals surface area contributed by atoms with E-state index in [4.69, 9.17) is 34.3 Å². The molecule has 0 atom stereocenters. The van der Waals surface area contributed by atoms with Crippen LogP contribution in [0, 0.1) is 0 Å². The third kappa shape index (κ3) is 15.5. The maximum atomic E-state index is 6.54. The highest BCUT2D eigenvalue weighted by Gasteiger charge is 2.25. The molecule has 0 aliphatic heterocycles. The van der Waals surface area contributed by atoms with Crippen LogP contribution in [0.2, 0.25) is 0 Å². The van der Waals surface area contributed by atoms with Crippen molar-refractivity contribution in [1.82, 2.24) is 39.0 Å². The first-order valence-corrected chi connectivity index (χ1v) is 48.4. The highest BCUT2D eigenvalue weighted by molar-refractivity contribution is 6.24. The quantitative estimate of drug-likeness (QED) is 0.1000. The summed E-state index contributed by atoms with van der Waals surface area (Å²) in [5.41, 5.74) is 34.4. The summed E-state index contributed by atoms with van der Waals surface area (Å²) in [6, 6.07) is 184. The predicted molar refractivity (Wildman–Crippen MR) is 595 cm³/mol. The summed E-state index contributed by atoms with van der Waals surface area (Å²) in [7, 11) is 0. The molecule has 0 N–H and O–H groups in total. The van der Waals surface area contributed by atoms with Gasteiger partial charge in [-0.2, -0.15) is 0 Å². The van der Waals surface area contributed by atoms with Crippen molar-refractivity contribution in [3.05, 3.63) is 522 Å². The van der Waals surface area contributed by atoms with E-state index in [2.05, 4.69) is 488 Å². The van der Waals surface area contributed by atoms with Crippen molar-refractivity contribution in [3.63, 3.8) is 0 Å².